The van der Waals surface area contributed by atoms with Crippen LogP contribution in [0.2, 0.25) is 0 Å². The van der Waals surface area contributed by atoms with E-state index >= 15 is 0 Å². The van der Waals surface area contributed by atoms with Gasteiger partial charge < -0.3 is 19.5 Å². The highest BCUT2D eigenvalue weighted by Crippen LogP contribution is 2.44. The molecule has 0 fully saturated rings. The Morgan fingerprint density at radius 3 is 2.86 bits per heavy atom. The molecule has 2 heterocycles. The van der Waals surface area contributed by atoms with E-state index in [1.807, 2.05) is 31.2 Å². The van der Waals surface area contributed by atoms with Gasteiger partial charge in [0.2, 0.25) is 0 Å². The van der Waals surface area contributed by atoms with Gasteiger partial charge in [-0.15, -0.1) is 11.8 Å². The van der Waals surface area contributed by atoms with Gasteiger partial charge in [0.05, 0.1) is 29.5 Å². The van der Waals surface area contributed by atoms with Crippen molar-refractivity contribution in [2.24, 2.45) is 0 Å². The first-order valence-corrected chi connectivity index (χ1v) is 10.5. The summed E-state index contributed by atoms with van der Waals surface area (Å²) in [6.45, 7) is 6.10. The molecule has 1 unspecified atom stereocenters. The van der Waals surface area contributed by atoms with Crippen LogP contribution in [0.5, 0.6) is 0 Å². The minimum Gasteiger partial charge on any atom is -0.456 e. The van der Waals surface area contributed by atoms with E-state index in [9.17, 15) is 9.59 Å². The van der Waals surface area contributed by atoms with E-state index in [4.69, 9.17) is 14.2 Å². The number of benzene rings is 1. The SMILES string of the molecule is CCCCSc1ccccc1C1C(OC(=O)OCC)=C(C)NC2=C1C(=O)OC2. The molecule has 3 rings (SSSR count). The summed E-state index contributed by atoms with van der Waals surface area (Å²) < 4.78 is 15.8. The van der Waals surface area contributed by atoms with Gasteiger partial charge >= 0.3 is 12.1 Å². The Balaban J connectivity index is 2.03. The molecule has 1 aromatic rings. The summed E-state index contributed by atoms with van der Waals surface area (Å²) >= 11 is 1.74. The van der Waals surface area contributed by atoms with Crippen LogP contribution in [0.1, 0.15) is 45.1 Å². The molecule has 150 valence electrons. The van der Waals surface area contributed by atoms with E-state index in [2.05, 4.69) is 12.2 Å². The second-order valence-electron chi connectivity index (χ2n) is 6.54. The molecule has 0 spiro atoms. The molecule has 2 aliphatic heterocycles. The van der Waals surface area contributed by atoms with E-state index in [1.54, 1.807) is 18.7 Å². The summed E-state index contributed by atoms with van der Waals surface area (Å²) in [5.74, 6) is 0.449. The largest absolute Gasteiger partial charge is 0.513 e. The van der Waals surface area contributed by atoms with Crippen molar-refractivity contribution in [3.05, 3.63) is 52.6 Å². The summed E-state index contributed by atoms with van der Waals surface area (Å²) in [5.41, 5.74) is 2.81. The molecule has 6 nitrogen and oxygen atoms in total. The average Bonchev–Trinajstić information content (AvgIpc) is 3.04. The lowest BCUT2D eigenvalue weighted by atomic mass is 9.85. The van der Waals surface area contributed by atoms with Crippen molar-refractivity contribution < 1.29 is 23.8 Å². The Kier molecular flexibility index (Phi) is 6.67. The van der Waals surface area contributed by atoms with Crippen LogP contribution in [0, 0.1) is 0 Å². The molecule has 0 aromatic heterocycles. The fourth-order valence-corrected chi connectivity index (χ4v) is 4.47. The second-order valence-corrected chi connectivity index (χ2v) is 7.68. The van der Waals surface area contributed by atoms with Crippen molar-refractivity contribution in [3.8, 4) is 0 Å². The minimum absolute atomic E-state index is 0.194. The first-order chi connectivity index (χ1) is 13.6. The number of ether oxygens (including phenoxy) is 3. The van der Waals surface area contributed by atoms with Crippen molar-refractivity contribution in [2.75, 3.05) is 19.0 Å². The van der Waals surface area contributed by atoms with Crippen LogP contribution in [0.15, 0.2) is 51.9 Å². The maximum Gasteiger partial charge on any atom is 0.513 e. The van der Waals surface area contributed by atoms with E-state index < -0.39 is 18.0 Å². The fourth-order valence-electron chi connectivity index (χ4n) is 3.29. The van der Waals surface area contributed by atoms with Crippen LogP contribution in [0.4, 0.5) is 4.79 Å². The first kappa shape index (κ1) is 20.3. The first-order valence-electron chi connectivity index (χ1n) is 9.51. The molecule has 7 heteroatoms. The van der Waals surface area contributed by atoms with Gasteiger partial charge in [-0.2, -0.15) is 0 Å². The van der Waals surface area contributed by atoms with Gasteiger partial charge in [-0.3, -0.25) is 0 Å². The molecule has 0 saturated heterocycles. The predicted molar refractivity (Wildman–Crippen MR) is 107 cm³/mol. The number of hydrogen-bond acceptors (Lipinski definition) is 7. The number of thioether (sulfide) groups is 1. The van der Waals surface area contributed by atoms with Gasteiger partial charge in [-0.25, -0.2) is 9.59 Å². The molecule has 2 aliphatic rings. The Bertz CT molecular complexity index is 830. The number of unbranched alkanes of at least 4 members (excludes halogenated alkanes) is 1. The number of dihydropyridines is 1. The van der Waals surface area contributed by atoms with Crippen LogP contribution < -0.4 is 5.32 Å². The maximum absolute atomic E-state index is 12.5. The molecule has 0 bridgehead atoms. The third-order valence-corrected chi connectivity index (χ3v) is 5.77. The van der Waals surface area contributed by atoms with Gasteiger partial charge in [0.25, 0.3) is 0 Å². The van der Waals surface area contributed by atoms with Crippen molar-refractivity contribution in [1.29, 1.82) is 0 Å². The molecular formula is C21H25NO5S. The van der Waals surface area contributed by atoms with Crippen LogP contribution in [-0.2, 0) is 19.0 Å². The van der Waals surface area contributed by atoms with Gasteiger partial charge in [-0.05, 0) is 37.7 Å². The Hall–Kier alpha value is -2.41. The lowest BCUT2D eigenvalue weighted by molar-refractivity contribution is -0.136. The number of carbonyl (C=O) groups is 2. The lowest BCUT2D eigenvalue weighted by Gasteiger charge is -2.28. The smallest absolute Gasteiger partial charge is 0.456 e. The fraction of sp³-hybridized carbons (Fsp3) is 0.429. The van der Waals surface area contributed by atoms with Crippen molar-refractivity contribution in [3.63, 3.8) is 0 Å². The average molecular weight is 404 g/mol. The van der Waals surface area contributed by atoms with E-state index in [0.29, 0.717) is 17.0 Å². The number of carbonyl (C=O) groups excluding carboxylic acids is 2. The monoisotopic (exact) mass is 403 g/mol. The van der Waals surface area contributed by atoms with Gasteiger partial charge in [-0.1, -0.05) is 31.5 Å². The van der Waals surface area contributed by atoms with Crippen LogP contribution in [-0.4, -0.2) is 31.1 Å². The third-order valence-electron chi connectivity index (χ3n) is 4.59. The summed E-state index contributed by atoms with van der Waals surface area (Å²) in [4.78, 5) is 25.6. The van der Waals surface area contributed by atoms with E-state index in [1.165, 1.54) is 0 Å². The number of esters is 1. The standard InChI is InChI=1S/C21H25NO5S/c1-4-6-11-28-16-10-8-7-9-14(16)17-18-15(12-26-20(18)23)22-13(3)19(17)27-21(24)25-5-2/h7-10,17,22H,4-6,11-12H2,1-3H3. The van der Waals surface area contributed by atoms with Crippen molar-refractivity contribution in [2.45, 2.75) is 44.4 Å². The Labute approximate surface area is 169 Å². The highest BCUT2D eigenvalue weighted by molar-refractivity contribution is 7.99. The number of nitrogens with one attached hydrogen (secondary N) is 1. The molecule has 28 heavy (non-hydrogen) atoms. The van der Waals surface area contributed by atoms with E-state index in [0.717, 1.165) is 34.8 Å². The van der Waals surface area contributed by atoms with Gasteiger partial charge in [0.1, 0.15) is 12.4 Å². The number of hydrogen-bond donors (Lipinski definition) is 1. The zero-order valence-electron chi connectivity index (χ0n) is 16.4. The quantitative estimate of drug-likeness (QED) is 0.409. The van der Waals surface area contributed by atoms with E-state index in [-0.39, 0.29) is 13.2 Å². The molecule has 1 N–H and O–H groups in total. The van der Waals surface area contributed by atoms with Crippen LogP contribution in [0.3, 0.4) is 0 Å². The second kappa shape index (κ2) is 9.19. The zero-order valence-corrected chi connectivity index (χ0v) is 17.2. The molecule has 0 aliphatic carbocycles. The Morgan fingerprint density at radius 2 is 2.11 bits per heavy atom. The van der Waals surface area contributed by atoms with Gasteiger partial charge in [0, 0.05) is 4.90 Å². The predicted octanol–water partition coefficient (Wildman–Crippen LogP) is 4.48. The van der Waals surface area contributed by atoms with Gasteiger partial charge in [0.15, 0.2) is 0 Å². The summed E-state index contributed by atoms with van der Waals surface area (Å²) in [5, 5.41) is 3.15. The summed E-state index contributed by atoms with van der Waals surface area (Å²) in [6.07, 6.45) is 1.43. The van der Waals surface area contributed by atoms with Crippen LogP contribution >= 0.6 is 11.8 Å². The molecule has 0 radical (unpaired) electrons. The molecular weight excluding hydrogens is 378 g/mol. The zero-order chi connectivity index (χ0) is 20.1. The number of cyclic esters (lactones) is 1. The molecule has 1 atom stereocenters. The third kappa shape index (κ3) is 4.19. The van der Waals surface area contributed by atoms with Crippen molar-refractivity contribution in [1.82, 2.24) is 5.32 Å². The maximum atomic E-state index is 12.5. The minimum atomic E-state index is -0.782. The highest BCUT2D eigenvalue weighted by atomic mass is 32.2. The topological polar surface area (TPSA) is 73.9 Å². The molecule has 0 saturated carbocycles. The normalized spacial score (nSPS) is 18.5. The van der Waals surface area contributed by atoms with Crippen molar-refractivity contribution >= 4 is 23.9 Å². The number of allylic oxidation sites excluding steroid dienone is 2. The molecule has 0 amide bonds. The lowest BCUT2D eigenvalue weighted by Crippen LogP contribution is -2.28. The number of rotatable bonds is 7. The summed E-state index contributed by atoms with van der Waals surface area (Å²) in [7, 11) is 0. The van der Waals surface area contributed by atoms with Crippen LogP contribution in [0.25, 0.3) is 0 Å². The summed E-state index contributed by atoms with van der Waals surface area (Å²) in [6, 6.07) is 7.92. The highest BCUT2D eigenvalue weighted by Gasteiger charge is 2.41. The Morgan fingerprint density at radius 1 is 1.32 bits per heavy atom. The molecule has 1 aromatic carbocycles.